The minimum absolute atomic E-state index is 0.135. The van der Waals surface area contributed by atoms with Gasteiger partial charge >= 0.3 is 0 Å². The minimum Gasteiger partial charge on any atom is -0.407 e. The number of nitrogens with one attached hydrogen (secondary N) is 2. The fourth-order valence-corrected chi connectivity index (χ4v) is 3.85. The summed E-state index contributed by atoms with van der Waals surface area (Å²) in [5.41, 5.74) is 3.91. The number of hydrogen-bond acceptors (Lipinski definition) is 3. The number of amidine groups is 1. The van der Waals surface area contributed by atoms with Gasteiger partial charge in [0, 0.05) is 0 Å². The van der Waals surface area contributed by atoms with Gasteiger partial charge in [0.2, 0.25) is 0 Å². The van der Waals surface area contributed by atoms with Gasteiger partial charge in [-0.1, -0.05) is 70.4 Å². The highest BCUT2D eigenvalue weighted by molar-refractivity contribution is 6.74. The number of hydrogen-bond donors (Lipinski definition) is 3. The van der Waals surface area contributed by atoms with Crippen molar-refractivity contribution in [3.05, 3.63) is 35.9 Å². The fourth-order valence-electron chi connectivity index (χ4n) is 2.54. The van der Waals surface area contributed by atoms with Crippen LogP contribution in [0.3, 0.4) is 0 Å². The molecule has 0 saturated heterocycles. The molecule has 0 spiro atoms. The first-order valence-corrected chi connectivity index (χ1v) is 12.3. The molecule has 0 amide bonds. The van der Waals surface area contributed by atoms with Gasteiger partial charge in [-0.05, 0) is 43.0 Å². The van der Waals surface area contributed by atoms with Gasteiger partial charge in [-0.25, -0.2) is 5.84 Å². The fraction of sp³-hybridized carbons (Fsp3) is 0.650. The van der Waals surface area contributed by atoms with E-state index < -0.39 is 8.32 Å². The molecule has 0 saturated carbocycles. The second-order valence-electron chi connectivity index (χ2n) is 8.36. The van der Waals surface area contributed by atoms with E-state index in [2.05, 4.69) is 69.6 Å². The quantitative estimate of drug-likeness (QED) is 0.137. The zero-order chi connectivity index (χ0) is 18.9. The van der Waals surface area contributed by atoms with Crippen LogP contribution in [0.5, 0.6) is 0 Å². The summed E-state index contributed by atoms with van der Waals surface area (Å²) in [4.78, 5) is 0. The van der Waals surface area contributed by atoms with Crippen molar-refractivity contribution in [2.24, 2.45) is 5.84 Å². The van der Waals surface area contributed by atoms with Crippen molar-refractivity contribution in [2.45, 2.75) is 83.5 Å². The van der Waals surface area contributed by atoms with E-state index in [9.17, 15) is 0 Å². The Morgan fingerprint density at radius 3 is 2.28 bits per heavy atom. The number of aryl methyl sites for hydroxylation is 1. The highest BCUT2D eigenvalue weighted by atomic mass is 28.4. The standard InChI is InChI=1S/C20H37N3OSi/c1-20(2,3)25(4,5)24-18(19(21)23-22)16-12-7-6-9-13-17-14-10-8-11-15-17/h8,10-11,14-15,18H,6-7,9,12-13,16,22H2,1-5H3,(H2,21,23). The SMILES string of the molecule is CC(C)(C)[Si](C)(C)OC(CCCCCCc1ccccc1)C(=N)NN. The van der Waals surface area contributed by atoms with Gasteiger partial charge in [-0.15, -0.1) is 0 Å². The largest absolute Gasteiger partial charge is 0.407 e. The molecule has 142 valence electrons. The topological polar surface area (TPSA) is 71.1 Å². The Morgan fingerprint density at radius 2 is 1.72 bits per heavy atom. The van der Waals surface area contributed by atoms with Crippen molar-refractivity contribution in [2.75, 3.05) is 0 Å². The van der Waals surface area contributed by atoms with Crippen molar-refractivity contribution < 1.29 is 4.43 Å². The van der Waals surface area contributed by atoms with Crippen LogP contribution in [0.25, 0.3) is 0 Å². The summed E-state index contributed by atoms with van der Waals surface area (Å²) in [6.45, 7) is 11.1. The molecule has 25 heavy (non-hydrogen) atoms. The van der Waals surface area contributed by atoms with E-state index in [0.717, 1.165) is 19.3 Å². The lowest BCUT2D eigenvalue weighted by Gasteiger charge is -2.39. The van der Waals surface area contributed by atoms with Crippen molar-refractivity contribution in [1.82, 2.24) is 5.43 Å². The molecule has 0 aliphatic heterocycles. The van der Waals surface area contributed by atoms with Crippen LogP contribution in [0.4, 0.5) is 0 Å². The van der Waals surface area contributed by atoms with E-state index in [-0.39, 0.29) is 11.1 Å². The van der Waals surface area contributed by atoms with E-state index in [1.807, 2.05) is 0 Å². The molecular formula is C20H37N3OSi. The van der Waals surface area contributed by atoms with Crippen LogP contribution in [0.15, 0.2) is 30.3 Å². The summed E-state index contributed by atoms with van der Waals surface area (Å²) in [5, 5.41) is 8.20. The van der Waals surface area contributed by atoms with E-state index in [4.69, 9.17) is 15.7 Å². The third-order valence-electron chi connectivity index (χ3n) is 5.25. The summed E-state index contributed by atoms with van der Waals surface area (Å²) in [6.07, 6.45) is 6.46. The van der Waals surface area contributed by atoms with Gasteiger partial charge in [0.05, 0.1) is 0 Å². The monoisotopic (exact) mass is 363 g/mol. The molecule has 0 bridgehead atoms. The third kappa shape index (κ3) is 7.71. The molecule has 1 aromatic rings. The molecule has 1 rings (SSSR count). The van der Waals surface area contributed by atoms with Gasteiger partial charge in [-0.2, -0.15) is 0 Å². The second kappa shape index (κ2) is 10.1. The Bertz CT molecular complexity index is 511. The van der Waals surface area contributed by atoms with Crippen molar-refractivity contribution in [3.63, 3.8) is 0 Å². The van der Waals surface area contributed by atoms with E-state index in [1.54, 1.807) is 0 Å². The Labute approximate surface area is 155 Å². The number of benzene rings is 1. The van der Waals surface area contributed by atoms with Crippen LogP contribution < -0.4 is 11.3 Å². The van der Waals surface area contributed by atoms with E-state index in [0.29, 0.717) is 5.84 Å². The van der Waals surface area contributed by atoms with Crippen LogP contribution in [-0.4, -0.2) is 20.3 Å². The van der Waals surface area contributed by atoms with E-state index in [1.165, 1.54) is 24.8 Å². The zero-order valence-corrected chi connectivity index (χ0v) is 17.7. The predicted octanol–water partition coefficient (Wildman–Crippen LogP) is 5.01. The van der Waals surface area contributed by atoms with Crippen molar-refractivity contribution in [3.8, 4) is 0 Å². The molecule has 1 aromatic carbocycles. The van der Waals surface area contributed by atoms with Gasteiger partial charge in [0.25, 0.3) is 0 Å². The highest BCUT2D eigenvalue weighted by Gasteiger charge is 2.39. The molecule has 0 radical (unpaired) electrons. The maximum absolute atomic E-state index is 8.07. The van der Waals surface area contributed by atoms with E-state index >= 15 is 0 Å². The Hall–Kier alpha value is -1.17. The third-order valence-corrected chi connectivity index (χ3v) is 9.73. The lowest BCUT2D eigenvalue weighted by molar-refractivity contribution is 0.222. The molecule has 0 aliphatic carbocycles. The van der Waals surface area contributed by atoms with Crippen LogP contribution in [0, 0.1) is 5.41 Å². The number of unbranched alkanes of at least 4 members (excludes halogenated alkanes) is 3. The molecule has 0 aliphatic rings. The summed E-state index contributed by atoms with van der Waals surface area (Å²) < 4.78 is 6.40. The second-order valence-corrected chi connectivity index (χ2v) is 13.1. The molecule has 1 unspecified atom stereocenters. The van der Waals surface area contributed by atoms with Gasteiger partial charge in [0.15, 0.2) is 8.32 Å². The lowest BCUT2D eigenvalue weighted by atomic mass is 10.0. The molecule has 0 fully saturated rings. The smallest absolute Gasteiger partial charge is 0.193 e. The average Bonchev–Trinajstić information content (AvgIpc) is 2.56. The van der Waals surface area contributed by atoms with Crippen LogP contribution >= 0.6 is 0 Å². The highest BCUT2D eigenvalue weighted by Crippen LogP contribution is 2.37. The van der Waals surface area contributed by atoms with Gasteiger partial charge in [0.1, 0.15) is 11.9 Å². The molecule has 4 nitrogen and oxygen atoms in total. The lowest BCUT2D eigenvalue weighted by Crippen LogP contribution is -2.49. The first-order chi connectivity index (χ1) is 11.7. The summed E-state index contributed by atoms with van der Waals surface area (Å²) in [6, 6.07) is 10.6. The molecule has 4 N–H and O–H groups in total. The number of nitrogens with two attached hydrogens (primary N) is 1. The summed E-state index contributed by atoms with van der Waals surface area (Å²) in [5.74, 6) is 5.78. The normalized spacial score (nSPS) is 13.5. The maximum atomic E-state index is 8.07. The first-order valence-electron chi connectivity index (χ1n) is 9.44. The molecular weight excluding hydrogens is 326 g/mol. The molecule has 5 heteroatoms. The molecule has 1 atom stereocenters. The summed E-state index contributed by atoms with van der Waals surface area (Å²) >= 11 is 0. The number of hydrazine groups is 1. The predicted molar refractivity (Wildman–Crippen MR) is 110 cm³/mol. The Kier molecular flexibility index (Phi) is 8.83. The zero-order valence-electron chi connectivity index (χ0n) is 16.7. The van der Waals surface area contributed by atoms with Crippen molar-refractivity contribution >= 4 is 14.2 Å². The minimum atomic E-state index is -1.90. The van der Waals surface area contributed by atoms with Gasteiger partial charge in [-0.3, -0.25) is 5.41 Å². The first kappa shape index (κ1) is 21.9. The van der Waals surface area contributed by atoms with Gasteiger partial charge < -0.3 is 9.85 Å². The molecule has 0 heterocycles. The van der Waals surface area contributed by atoms with Crippen LogP contribution in [-0.2, 0) is 10.8 Å². The van der Waals surface area contributed by atoms with Crippen LogP contribution in [0.1, 0.15) is 58.4 Å². The Balaban J connectivity index is 2.37. The van der Waals surface area contributed by atoms with Crippen molar-refractivity contribution in [1.29, 1.82) is 5.41 Å². The average molecular weight is 364 g/mol. The van der Waals surface area contributed by atoms with Crippen LogP contribution in [0.2, 0.25) is 18.1 Å². The summed E-state index contributed by atoms with van der Waals surface area (Å²) in [7, 11) is -1.90. The number of rotatable bonds is 10. The maximum Gasteiger partial charge on any atom is 0.193 e. The molecule has 0 aromatic heterocycles. The Morgan fingerprint density at radius 1 is 1.12 bits per heavy atom.